The molecule has 0 unspecified atom stereocenters. The molecule has 106 valence electrons. The molecule has 6 nitrogen and oxygen atoms in total. The standard InChI is InChI=1S/C13H17N5OS/c1-7-5-9-11(15-6-10(19)16-8-3-4-8)17-13(14-2)18-12(9)20-7/h5,8H,3-4,6H2,1-2H3,(H,16,19)(H2,14,15,17,18). The SMILES string of the molecule is CNc1nc(NCC(=O)NC2CC2)c2cc(C)sc2n1. The van der Waals surface area contributed by atoms with Crippen LogP contribution in [0.3, 0.4) is 0 Å². The van der Waals surface area contributed by atoms with Crippen molar-refractivity contribution in [1.29, 1.82) is 0 Å². The van der Waals surface area contributed by atoms with Crippen LogP contribution >= 0.6 is 11.3 Å². The summed E-state index contributed by atoms with van der Waals surface area (Å²) in [5, 5.41) is 9.97. The summed E-state index contributed by atoms with van der Waals surface area (Å²) in [6, 6.07) is 2.42. The van der Waals surface area contributed by atoms with E-state index in [1.807, 2.05) is 13.0 Å². The fraction of sp³-hybridized carbons (Fsp3) is 0.462. The van der Waals surface area contributed by atoms with Gasteiger partial charge in [0.2, 0.25) is 11.9 Å². The highest BCUT2D eigenvalue weighted by Crippen LogP contribution is 2.29. The van der Waals surface area contributed by atoms with Gasteiger partial charge in [0.15, 0.2) is 0 Å². The number of hydrogen-bond acceptors (Lipinski definition) is 6. The number of aryl methyl sites for hydroxylation is 1. The molecule has 2 aromatic heterocycles. The Morgan fingerprint density at radius 2 is 2.25 bits per heavy atom. The Kier molecular flexibility index (Phi) is 3.43. The molecule has 20 heavy (non-hydrogen) atoms. The average Bonchev–Trinajstić information content (AvgIpc) is 3.14. The zero-order valence-corrected chi connectivity index (χ0v) is 12.3. The largest absolute Gasteiger partial charge is 0.360 e. The zero-order valence-electron chi connectivity index (χ0n) is 11.5. The van der Waals surface area contributed by atoms with Crippen LogP contribution in [0.15, 0.2) is 6.07 Å². The van der Waals surface area contributed by atoms with Gasteiger partial charge in [-0.2, -0.15) is 4.98 Å². The van der Waals surface area contributed by atoms with Gasteiger partial charge < -0.3 is 16.0 Å². The van der Waals surface area contributed by atoms with Crippen LogP contribution in [0, 0.1) is 6.92 Å². The quantitative estimate of drug-likeness (QED) is 0.782. The predicted octanol–water partition coefficient (Wildman–Crippen LogP) is 1.73. The molecule has 2 aromatic rings. The van der Waals surface area contributed by atoms with Crippen LogP contribution < -0.4 is 16.0 Å². The Labute approximate surface area is 121 Å². The van der Waals surface area contributed by atoms with Crippen molar-refractivity contribution < 1.29 is 4.79 Å². The van der Waals surface area contributed by atoms with E-state index in [-0.39, 0.29) is 12.5 Å². The Morgan fingerprint density at radius 1 is 1.45 bits per heavy atom. The summed E-state index contributed by atoms with van der Waals surface area (Å²) >= 11 is 1.62. The molecule has 7 heteroatoms. The van der Waals surface area contributed by atoms with Crippen LogP contribution in [0.1, 0.15) is 17.7 Å². The molecule has 1 aliphatic rings. The average molecular weight is 291 g/mol. The van der Waals surface area contributed by atoms with Gasteiger partial charge in [0.1, 0.15) is 10.6 Å². The molecular weight excluding hydrogens is 274 g/mol. The maximum Gasteiger partial charge on any atom is 0.239 e. The van der Waals surface area contributed by atoms with Crippen molar-refractivity contribution in [2.75, 3.05) is 24.2 Å². The lowest BCUT2D eigenvalue weighted by molar-refractivity contribution is -0.119. The summed E-state index contributed by atoms with van der Waals surface area (Å²) in [4.78, 5) is 22.6. The topological polar surface area (TPSA) is 78.9 Å². The number of carbonyl (C=O) groups excluding carboxylic acids is 1. The van der Waals surface area contributed by atoms with Crippen LogP contribution in [0.2, 0.25) is 0 Å². The van der Waals surface area contributed by atoms with Gasteiger partial charge in [-0.05, 0) is 25.8 Å². The minimum atomic E-state index is 0.0113. The van der Waals surface area contributed by atoms with E-state index in [9.17, 15) is 4.79 Å². The molecule has 0 aliphatic heterocycles. The lowest BCUT2D eigenvalue weighted by Gasteiger charge is -2.08. The van der Waals surface area contributed by atoms with E-state index in [1.54, 1.807) is 18.4 Å². The van der Waals surface area contributed by atoms with Gasteiger partial charge in [0, 0.05) is 18.0 Å². The minimum absolute atomic E-state index is 0.0113. The smallest absolute Gasteiger partial charge is 0.239 e. The molecule has 3 rings (SSSR count). The van der Waals surface area contributed by atoms with Gasteiger partial charge in [-0.3, -0.25) is 4.79 Å². The molecule has 0 aromatic carbocycles. The van der Waals surface area contributed by atoms with Crippen molar-refractivity contribution in [2.45, 2.75) is 25.8 Å². The number of fused-ring (bicyclic) bond motifs is 1. The molecule has 1 amide bonds. The lowest BCUT2D eigenvalue weighted by Crippen LogP contribution is -2.31. The first-order chi connectivity index (χ1) is 9.65. The molecule has 0 radical (unpaired) electrons. The third kappa shape index (κ3) is 2.82. The van der Waals surface area contributed by atoms with E-state index in [4.69, 9.17) is 0 Å². The number of anilines is 2. The number of hydrogen-bond donors (Lipinski definition) is 3. The second-order valence-corrected chi connectivity index (χ2v) is 6.15. The van der Waals surface area contributed by atoms with E-state index in [0.717, 1.165) is 23.1 Å². The van der Waals surface area contributed by atoms with Crippen LogP contribution in [0.25, 0.3) is 10.2 Å². The molecule has 1 aliphatic carbocycles. The molecule has 0 spiro atoms. The molecule has 2 heterocycles. The number of aromatic nitrogens is 2. The number of thiophene rings is 1. The molecule has 0 saturated heterocycles. The summed E-state index contributed by atoms with van der Waals surface area (Å²) in [5.74, 6) is 1.27. The highest BCUT2D eigenvalue weighted by molar-refractivity contribution is 7.18. The normalized spacial score (nSPS) is 14.3. The summed E-state index contributed by atoms with van der Waals surface area (Å²) in [6.07, 6.45) is 2.19. The fourth-order valence-corrected chi connectivity index (χ4v) is 2.84. The van der Waals surface area contributed by atoms with Gasteiger partial charge in [-0.25, -0.2) is 4.98 Å². The molecule has 1 saturated carbocycles. The van der Waals surface area contributed by atoms with Crippen LogP contribution in [-0.2, 0) is 4.79 Å². The molecule has 0 bridgehead atoms. The monoisotopic (exact) mass is 291 g/mol. The highest BCUT2D eigenvalue weighted by Gasteiger charge is 2.23. The molecular formula is C13H17N5OS. The molecule has 3 N–H and O–H groups in total. The van der Waals surface area contributed by atoms with E-state index in [0.29, 0.717) is 17.8 Å². The molecule has 1 fully saturated rings. The van der Waals surface area contributed by atoms with Crippen LogP contribution in [0.5, 0.6) is 0 Å². The van der Waals surface area contributed by atoms with Crippen molar-refractivity contribution in [3.05, 3.63) is 10.9 Å². The Morgan fingerprint density at radius 3 is 2.95 bits per heavy atom. The Bertz CT molecular complexity index is 649. The highest BCUT2D eigenvalue weighted by atomic mass is 32.1. The first-order valence-corrected chi connectivity index (χ1v) is 7.46. The van der Waals surface area contributed by atoms with Crippen molar-refractivity contribution in [2.24, 2.45) is 0 Å². The second kappa shape index (κ2) is 5.24. The van der Waals surface area contributed by atoms with E-state index >= 15 is 0 Å². The Balaban J connectivity index is 1.79. The van der Waals surface area contributed by atoms with Gasteiger partial charge in [0.25, 0.3) is 0 Å². The van der Waals surface area contributed by atoms with E-state index < -0.39 is 0 Å². The number of nitrogens with one attached hydrogen (secondary N) is 3. The van der Waals surface area contributed by atoms with E-state index in [1.165, 1.54) is 4.88 Å². The second-order valence-electron chi connectivity index (χ2n) is 4.92. The van der Waals surface area contributed by atoms with Crippen molar-refractivity contribution in [3.63, 3.8) is 0 Å². The maximum absolute atomic E-state index is 11.7. The lowest BCUT2D eigenvalue weighted by atomic mass is 10.3. The molecule has 0 atom stereocenters. The van der Waals surface area contributed by atoms with Crippen molar-refractivity contribution in [1.82, 2.24) is 15.3 Å². The maximum atomic E-state index is 11.7. The van der Waals surface area contributed by atoms with E-state index in [2.05, 4.69) is 25.9 Å². The number of carbonyl (C=O) groups is 1. The zero-order chi connectivity index (χ0) is 14.1. The Hall–Kier alpha value is -1.89. The van der Waals surface area contributed by atoms with Gasteiger partial charge in [-0.15, -0.1) is 11.3 Å². The van der Waals surface area contributed by atoms with Crippen LogP contribution in [-0.4, -0.2) is 35.5 Å². The first-order valence-electron chi connectivity index (χ1n) is 6.65. The summed E-state index contributed by atoms with van der Waals surface area (Å²) in [5.41, 5.74) is 0. The fourth-order valence-electron chi connectivity index (χ4n) is 1.96. The third-order valence-electron chi connectivity index (χ3n) is 3.10. The number of amides is 1. The van der Waals surface area contributed by atoms with Crippen LogP contribution in [0.4, 0.5) is 11.8 Å². The summed E-state index contributed by atoms with van der Waals surface area (Å²) in [6.45, 7) is 2.27. The summed E-state index contributed by atoms with van der Waals surface area (Å²) in [7, 11) is 1.78. The third-order valence-corrected chi connectivity index (χ3v) is 4.04. The number of rotatable bonds is 5. The first kappa shape index (κ1) is 13.1. The van der Waals surface area contributed by atoms with Gasteiger partial charge in [0.05, 0.1) is 11.9 Å². The number of nitrogens with zero attached hydrogens (tertiary/aromatic N) is 2. The predicted molar refractivity (Wildman–Crippen MR) is 81.4 cm³/mol. The minimum Gasteiger partial charge on any atom is -0.360 e. The van der Waals surface area contributed by atoms with Crippen molar-refractivity contribution in [3.8, 4) is 0 Å². The summed E-state index contributed by atoms with van der Waals surface area (Å²) < 4.78 is 0. The van der Waals surface area contributed by atoms with Gasteiger partial charge in [-0.1, -0.05) is 0 Å². The van der Waals surface area contributed by atoms with Crippen molar-refractivity contribution >= 4 is 39.2 Å². The van der Waals surface area contributed by atoms with Gasteiger partial charge >= 0.3 is 0 Å².